The van der Waals surface area contributed by atoms with Crippen molar-refractivity contribution in [2.75, 3.05) is 13.1 Å². The van der Waals surface area contributed by atoms with Crippen LogP contribution in [0.5, 0.6) is 0 Å². The van der Waals surface area contributed by atoms with E-state index < -0.39 is 10.0 Å². The SMILES string of the molecule is CCN(CC)S(=O)(=O)c1ccc(-n2cnc(C(=O)NCc3ccc(F)cc3)c2)cc1. The van der Waals surface area contributed by atoms with E-state index in [1.54, 1.807) is 48.9 Å². The van der Waals surface area contributed by atoms with E-state index in [9.17, 15) is 17.6 Å². The lowest BCUT2D eigenvalue weighted by atomic mass is 10.2. The van der Waals surface area contributed by atoms with Crippen LogP contribution >= 0.6 is 0 Å². The molecule has 0 saturated carbocycles. The predicted octanol–water partition coefficient (Wildman–Crippen LogP) is 2.97. The molecule has 0 saturated heterocycles. The smallest absolute Gasteiger partial charge is 0.271 e. The first kappa shape index (κ1) is 21.7. The van der Waals surface area contributed by atoms with Gasteiger partial charge in [0.15, 0.2) is 0 Å². The van der Waals surface area contributed by atoms with Crippen LogP contribution in [0.15, 0.2) is 66.0 Å². The summed E-state index contributed by atoms with van der Waals surface area (Å²) in [5, 5.41) is 2.73. The highest BCUT2D eigenvalue weighted by atomic mass is 32.2. The van der Waals surface area contributed by atoms with Gasteiger partial charge in [0.05, 0.1) is 4.90 Å². The summed E-state index contributed by atoms with van der Waals surface area (Å²) in [5.74, 6) is -0.696. The quantitative estimate of drug-likeness (QED) is 0.596. The van der Waals surface area contributed by atoms with Gasteiger partial charge in [-0.05, 0) is 42.0 Å². The summed E-state index contributed by atoms with van der Waals surface area (Å²) >= 11 is 0. The Morgan fingerprint density at radius 2 is 1.70 bits per heavy atom. The molecule has 1 aromatic heterocycles. The third-order valence-corrected chi connectivity index (χ3v) is 6.72. The molecule has 1 heterocycles. The topological polar surface area (TPSA) is 84.3 Å². The maximum absolute atomic E-state index is 12.9. The molecule has 0 unspecified atom stereocenters. The van der Waals surface area contributed by atoms with Crippen molar-refractivity contribution >= 4 is 15.9 Å². The largest absolute Gasteiger partial charge is 0.347 e. The van der Waals surface area contributed by atoms with Crippen LogP contribution < -0.4 is 5.32 Å². The summed E-state index contributed by atoms with van der Waals surface area (Å²) < 4.78 is 41.1. The Bertz CT molecular complexity index is 1110. The van der Waals surface area contributed by atoms with Crippen molar-refractivity contribution in [3.63, 3.8) is 0 Å². The molecule has 1 N–H and O–H groups in total. The van der Waals surface area contributed by atoms with Crippen LogP contribution in [0.1, 0.15) is 29.9 Å². The summed E-state index contributed by atoms with van der Waals surface area (Å²) in [6.45, 7) is 4.65. The molecule has 0 atom stereocenters. The van der Waals surface area contributed by atoms with Crippen LogP contribution in [0.2, 0.25) is 0 Å². The number of hydrogen-bond acceptors (Lipinski definition) is 4. The maximum atomic E-state index is 12.9. The molecule has 158 valence electrons. The van der Waals surface area contributed by atoms with Gasteiger partial charge in [-0.2, -0.15) is 4.31 Å². The van der Waals surface area contributed by atoms with Gasteiger partial charge in [-0.25, -0.2) is 17.8 Å². The van der Waals surface area contributed by atoms with Gasteiger partial charge in [-0.1, -0.05) is 26.0 Å². The van der Waals surface area contributed by atoms with Crippen molar-refractivity contribution in [1.29, 1.82) is 0 Å². The number of nitrogens with one attached hydrogen (secondary N) is 1. The van der Waals surface area contributed by atoms with Gasteiger partial charge in [0.25, 0.3) is 5.91 Å². The highest BCUT2D eigenvalue weighted by molar-refractivity contribution is 7.89. The first-order valence-electron chi connectivity index (χ1n) is 9.52. The number of hydrogen-bond donors (Lipinski definition) is 1. The van der Waals surface area contributed by atoms with E-state index >= 15 is 0 Å². The normalized spacial score (nSPS) is 11.6. The van der Waals surface area contributed by atoms with Gasteiger partial charge in [-0.3, -0.25) is 4.79 Å². The van der Waals surface area contributed by atoms with Gasteiger partial charge in [0.2, 0.25) is 10.0 Å². The fraction of sp³-hybridized carbons (Fsp3) is 0.238. The molecule has 0 spiro atoms. The Kier molecular flexibility index (Phi) is 6.63. The average Bonchev–Trinajstić information content (AvgIpc) is 3.24. The lowest BCUT2D eigenvalue weighted by Crippen LogP contribution is -2.30. The Morgan fingerprint density at radius 3 is 2.30 bits per heavy atom. The second-order valence-corrected chi connectivity index (χ2v) is 8.50. The van der Waals surface area contributed by atoms with Crippen LogP contribution in [-0.2, 0) is 16.6 Å². The molecular formula is C21H23FN4O3S. The van der Waals surface area contributed by atoms with E-state index in [4.69, 9.17) is 0 Å². The second kappa shape index (κ2) is 9.19. The number of halogens is 1. The van der Waals surface area contributed by atoms with E-state index in [1.807, 2.05) is 0 Å². The minimum absolute atomic E-state index is 0.215. The Balaban J connectivity index is 1.69. The van der Waals surface area contributed by atoms with Gasteiger partial charge in [0.1, 0.15) is 17.8 Å². The zero-order valence-corrected chi connectivity index (χ0v) is 17.6. The first-order valence-corrected chi connectivity index (χ1v) is 11.0. The molecule has 0 fully saturated rings. The fourth-order valence-electron chi connectivity index (χ4n) is 2.96. The van der Waals surface area contributed by atoms with E-state index in [2.05, 4.69) is 10.3 Å². The Morgan fingerprint density at radius 1 is 1.07 bits per heavy atom. The molecular weight excluding hydrogens is 407 g/mol. The Hall–Kier alpha value is -3.04. The van der Waals surface area contributed by atoms with E-state index in [0.717, 1.165) is 5.56 Å². The van der Waals surface area contributed by atoms with Crippen molar-refractivity contribution in [3.8, 4) is 5.69 Å². The molecule has 0 aliphatic rings. The summed E-state index contributed by atoms with van der Waals surface area (Å²) in [7, 11) is -3.52. The van der Waals surface area contributed by atoms with Crippen LogP contribution in [0.4, 0.5) is 4.39 Å². The number of nitrogens with zero attached hydrogens (tertiary/aromatic N) is 3. The molecule has 7 nitrogen and oxygen atoms in total. The molecule has 3 aromatic rings. The molecule has 0 radical (unpaired) electrons. The number of carbonyl (C=O) groups excluding carboxylic acids is 1. The Labute approximate surface area is 175 Å². The maximum Gasteiger partial charge on any atom is 0.271 e. The number of aromatic nitrogens is 2. The van der Waals surface area contributed by atoms with Gasteiger partial charge >= 0.3 is 0 Å². The van der Waals surface area contributed by atoms with E-state index in [0.29, 0.717) is 18.8 Å². The third-order valence-electron chi connectivity index (χ3n) is 4.66. The first-order chi connectivity index (χ1) is 14.3. The number of sulfonamides is 1. The van der Waals surface area contributed by atoms with E-state index in [-0.39, 0.29) is 28.9 Å². The second-order valence-electron chi connectivity index (χ2n) is 6.56. The van der Waals surface area contributed by atoms with Gasteiger partial charge < -0.3 is 9.88 Å². The van der Waals surface area contributed by atoms with Gasteiger partial charge in [-0.15, -0.1) is 0 Å². The number of imidazole rings is 1. The number of rotatable bonds is 8. The fourth-order valence-corrected chi connectivity index (χ4v) is 4.42. The molecule has 1 amide bonds. The molecule has 3 rings (SSSR count). The molecule has 0 aliphatic heterocycles. The molecule has 30 heavy (non-hydrogen) atoms. The third kappa shape index (κ3) is 4.74. The van der Waals surface area contributed by atoms with Crippen LogP contribution in [-0.4, -0.2) is 41.3 Å². The molecule has 2 aromatic carbocycles. The molecule has 9 heteroatoms. The highest BCUT2D eigenvalue weighted by Gasteiger charge is 2.21. The minimum atomic E-state index is -3.52. The summed E-state index contributed by atoms with van der Waals surface area (Å²) in [4.78, 5) is 16.6. The van der Waals surface area contributed by atoms with Gasteiger partial charge in [0, 0.05) is 31.5 Å². The summed E-state index contributed by atoms with van der Waals surface area (Å²) in [5.41, 5.74) is 1.67. The number of benzene rings is 2. The van der Waals surface area contributed by atoms with Crippen molar-refractivity contribution in [2.45, 2.75) is 25.3 Å². The monoisotopic (exact) mass is 430 g/mol. The molecule has 0 aliphatic carbocycles. The lowest BCUT2D eigenvalue weighted by molar-refractivity contribution is 0.0946. The average molecular weight is 431 g/mol. The number of amides is 1. The predicted molar refractivity (Wildman–Crippen MR) is 111 cm³/mol. The lowest BCUT2D eigenvalue weighted by Gasteiger charge is -2.18. The van der Waals surface area contributed by atoms with E-state index in [1.165, 1.54) is 34.9 Å². The minimum Gasteiger partial charge on any atom is -0.347 e. The van der Waals surface area contributed by atoms with Crippen molar-refractivity contribution in [1.82, 2.24) is 19.2 Å². The summed E-state index contributed by atoms with van der Waals surface area (Å²) in [6, 6.07) is 12.3. The van der Waals surface area contributed by atoms with Crippen molar-refractivity contribution in [2.24, 2.45) is 0 Å². The zero-order valence-electron chi connectivity index (χ0n) is 16.7. The van der Waals surface area contributed by atoms with Crippen molar-refractivity contribution in [3.05, 3.63) is 78.1 Å². The van der Waals surface area contributed by atoms with Crippen LogP contribution in [0.3, 0.4) is 0 Å². The summed E-state index contributed by atoms with van der Waals surface area (Å²) in [6.07, 6.45) is 3.05. The molecule has 0 bridgehead atoms. The van der Waals surface area contributed by atoms with Crippen LogP contribution in [0.25, 0.3) is 5.69 Å². The van der Waals surface area contributed by atoms with Crippen LogP contribution in [0, 0.1) is 5.82 Å². The zero-order chi connectivity index (χ0) is 21.7. The highest BCUT2D eigenvalue weighted by Crippen LogP contribution is 2.18. The standard InChI is InChI=1S/C21H23FN4O3S/c1-3-26(4-2)30(28,29)19-11-9-18(10-12-19)25-14-20(24-15-25)21(27)23-13-16-5-7-17(22)8-6-16/h5-12,14-15H,3-4,13H2,1-2H3,(H,23,27). The number of carbonyl (C=O) groups is 1. The van der Waals surface area contributed by atoms with Crippen molar-refractivity contribution < 1.29 is 17.6 Å².